The predicted molar refractivity (Wildman–Crippen MR) is 44.6 cm³/mol. The molecule has 1 heterocycles. The van der Waals surface area contributed by atoms with Crippen molar-refractivity contribution in [2.24, 2.45) is 5.92 Å². The number of methoxy groups -OCH3 is 1. The van der Waals surface area contributed by atoms with Crippen LogP contribution in [0.1, 0.15) is 19.3 Å². The molecule has 2 rings (SSSR count). The van der Waals surface area contributed by atoms with Gasteiger partial charge in [-0.15, -0.1) is 0 Å². The molecular weight excluding hydrogens is 138 g/mol. The van der Waals surface area contributed by atoms with E-state index >= 15 is 0 Å². The van der Waals surface area contributed by atoms with Crippen molar-refractivity contribution in [3.63, 3.8) is 0 Å². The summed E-state index contributed by atoms with van der Waals surface area (Å²) in [7, 11) is 1.81. The lowest BCUT2D eigenvalue weighted by molar-refractivity contribution is -0.0406. The minimum Gasteiger partial charge on any atom is -0.379 e. The van der Waals surface area contributed by atoms with E-state index in [0.717, 1.165) is 5.92 Å². The van der Waals surface area contributed by atoms with Gasteiger partial charge in [0.2, 0.25) is 0 Å². The fourth-order valence-electron chi connectivity index (χ4n) is 1.86. The van der Waals surface area contributed by atoms with Crippen LogP contribution in [0.2, 0.25) is 0 Å². The van der Waals surface area contributed by atoms with Crippen LogP contribution in [0.25, 0.3) is 0 Å². The van der Waals surface area contributed by atoms with Crippen molar-refractivity contribution >= 4 is 0 Å². The number of likely N-dealkylation sites (tertiary alicyclic amines) is 1. The van der Waals surface area contributed by atoms with E-state index in [4.69, 9.17) is 4.74 Å². The van der Waals surface area contributed by atoms with Crippen LogP contribution in [0.5, 0.6) is 0 Å². The lowest BCUT2D eigenvalue weighted by atomic mass is 9.84. The minimum absolute atomic E-state index is 0.537. The Hall–Kier alpha value is -0.0800. The van der Waals surface area contributed by atoms with Crippen molar-refractivity contribution < 1.29 is 4.74 Å². The van der Waals surface area contributed by atoms with Crippen molar-refractivity contribution in [2.45, 2.75) is 25.4 Å². The first kappa shape index (κ1) is 7.56. The average molecular weight is 155 g/mol. The van der Waals surface area contributed by atoms with Crippen LogP contribution in [0.15, 0.2) is 0 Å². The molecule has 0 aromatic carbocycles. The number of hydrogen-bond acceptors (Lipinski definition) is 2. The molecule has 1 saturated heterocycles. The highest BCUT2D eigenvalue weighted by molar-refractivity contribution is 4.83. The molecule has 2 nitrogen and oxygen atoms in total. The smallest absolute Gasteiger partial charge is 0.0824 e. The summed E-state index contributed by atoms with van der Waals surface area (Å²) in [6.45, 7) is 3.68. The Kier molecular flexibility index (Phi) is 2.14. The van der Waals surface area contributed by atoms with E-state index in [9.17, 15) is 0 Å². The Labute approximate surface area is 68.5 Å². The Morgan fingerprint density at radius 3 is 2.55 bits per heavy atom. The third-order valence-electron chi connectivity index (χ3n) is 3.00. The van der Waals surface area contributed by atoms with Crippen LogP contribution in [0.3, 0.4) is 0 Å². The highest BCUT2D eigenvalue weighted by atomic mass is 16.5. The van der Waals surface area contributed by atoms with Crippen molar-refractivity contribution in [3.8, 4) is 0 Å². The molecule has 0 aromatic rings. The summed E-state index contributed by atoms with van der Waals surface area (Å²) in [5, 5.41) is 0. The van der Waals surface area contributed by atoms with Gasteiger partial charge >= 0.3 is 0 Å². The van der Waals surface area contributed by atoms with Crippen LogP contribution >= 0.6 is 0 Å². The van der Waals surface area contributed by atoms with Crippen LogP contribution in [-0.2, 0) is 4.74 Å². The SMILES string of the molecule is COC1CN(CC2CCC2)C1. The fourth-order valence-corrected chi connectivity index (χ4v) is 1.86. The van der Waals surface area contributed by atoms with Crippen molar-refractivity contribution in [1.29, 1.82) is 0 Å². The summed E-state index contributed by atoms with van der Waals surface area (Å²) in [4.78, 5) is 2.51. The molecule has 0 aromatic heterocycles. The van der Waals surface area contributed by atoms with E-state index in [-0.39, 0.29) is 0 Å². The highest BCUT2D eigenvalue weighted by Gasteiger charge is 2.29. The second kappa shape index (κ2) is 3.11. The lowest BCUT2D eigenvalue weighted by Crippen LogP contribution is -2.53. The van der Waals surface area contributed by atoms with E-state index in [1.807, 2.05) is 7.11 Å². The molecular formula is C9H17NO. The first-order chi connectivity index (χ1) is 5.38. The minimum atomic E-state index is 0.537. The Balaban J connectivity index is 1.59. The zero-order valence-corrected chi connectivity index (χ0v) is 7.25. The van der Waals surface area contributed by atoms with Gasteiger partial charge in [-0.2, -0.15) is 0 Å². The molecule has 1 saturated carbocycles. The molecule has 0 spiro atoms. The van der Waals surface area contributed by atoms with Gasteiger partial charge in [0.1, 0.15) is 0 Å². The van der Waals surface area contributed by atoms with Crippen molar-refractivity contribution in [2.75, 3.05) is 26.7 Å². The molecule has 2 fully saturated rings. The van der Waals surface area contributed by atoms with Gasteiger partial charge in [0.05, 0.1) is 6.10 Å². The van der Waals surface area contributed by atoms with E-state index < -0.39 is 0 Å². The van der Waals surface area contributed by atoms with Gasteiger partial charge in [-0.1, -0.05) is 6.42 Å². The summed E-state index contributed by atoms with van der Waals surface area (Å²) >= 11 is 0. The molecule has 2 heteroatoms. The lowest BCUT2D eigenvalue weighted by Gasteiger charge is -2.42. The highest BCUT2D eigenvalue weighted by Crippen LogP contribution is 2.28. The van der Waals surface area contributed by atoms with Crippen LogP contribution < -0.4 is 0 Å². The molecule has 64 valence electrons. The van der Waals surface area contributed by atoms with Gasteiger partial charge < -0.3 is 4.74 Å². The largest absolute Gasteiger partial charge is 0.379 e. The average Bonchev–Trinajstić information content (AvgIpc) is 1.81. The molecule has 2 aliphatic rings. The molecule has 11 heavy (non-hydrogen) atoms. The Bertz CT molecular complexity index is 128. The van der Waals surface area contributed by atoms with E-state index in [0.29, 0.717) is 6.10 Å². The van der Waals surface area contributed by atoms with E-state index in [2.05, 4.69) is 4.90 Å². The molecule has 0 bridgehead atoms. The quantitative estimate of drug-likeness (QED) is 0.605. The van der Waals surface area contributed by atoms with Crippen molar-refractivity contribution in [3.05, 3.63) is 0 Å². The van der Waals surface area contributed by atoms with Gasteiger partial charge in [0.15, 0.2) is 0 Å². The summed E-state index contributed by atoms with van der Waals surface area (Å²) in [6, 6.07) is 0. The Morgan fingerprint density at radius 1 is 1.36 bits per heavy atom. The van der Waals surface area contributed by atoms with Gasteiger partial charge in [-0.05, 0) is 18.8 Å². The second-order valence-corrected chi connectivity index (χ2v) is 3.87. The summed E-state index contributed by atoms with van der Waals surface area (Å²) in [5.74, 6) is 1.02. The third kappa shape index (κ3) is 1.57. The monoisotopic (exact) mass is 155 g/mol. The number of nitrogens with zero attached hydrogens (tertiary/aromatic N) is 1. The normalized spacial score (nSPS) is 28.1. The summed E-state index contributed by atoms with van der Waals surface area (Å²) in [6.07, 6.45) is 4.93. The molecule has 0 amide bonds. The molecule has 0 radical (unpaired) electrons. The van der Waals surface area contributed by atoms with Gasteiger partial charge in [0.25, 0.3) is 0 Å². The van der Waals surface area contributed by atoms with Gasteiger partial charge in [-0.3, -0.25) is 4.90 Å². The molecule has 0 atom stereocenters. The second-order valence-electron chi connectivity index (χ2n) is 3.87. The molecule has 1 aliphatic carbocycles. The van der Waals surface area contributed by atoms with Crippen LogP contribution in [-0.4, -0.2) is 37.7 Å². The van der Waals surface area contributed by atoms with E-state index in [1.165, 1.54) is 38.9 Å². The van der Waals surface area contributed by atoms with Gasteiger partial charge in [-0.25, -0.2) is 0 Å². The standard InChI is InChI=1S/C9H17NO/c1-11-9-6-10(7-9)5-8-3-2-4-8/h8-9H,2-7H2,1H3. The number of rotatable bonds is 3. The first-order valence-electron chi connectivity index (χ1n) is 4.63. The first-order valence-corrected chi connectivity index (χ1v) is 4.63. The molecule has 0 N–H and O–H groups in total. The summed E-state index contributed by atoms with van der Waals surface area (Å²) in [5.41, 5.74) is 0. The Morgan fingerprint density at radius 2 is 2.09 bits per heavy atom. The third-order valence-corrected chi connectivity index (χ3v) is 3.00. The van der Waals surface area contributed by atoms with Gasteiger partial charge in [0, 0.05) is 26.7 Å². The number of hydrogen-bond donors (Lipinski definition) is 0. The topological polar surface area (TPSA) is 12.5 Å². The maximum Gasteiger partial charge on any atom is 0.0824 e. The number of ether oxygens (including phenoxy) is 1. The fraction of sp³-hybridized carbons (Fsp3) is 1.00. The van der Waals surface area contributed by atoms with Crippen LogP contribution in [0, 0.1) is 5.92 Å². The maximum atomic E-state index is 5.21. The van der Waals surface area contributed by atoms with E-state index in [1.54, 1.807) is 0 Å². The molecule has 1 aliphatic heterocycles. The molecule has 0 unspecified atom stereocenters. The maximum absolute atomic E-state index is 5.21. The zero-order chi connectivity index (χ0) is 7.68. The van der Waals surface area contributed by atoms with Crippen LogP contribution in [0.4, 0.5) is 0 Å². The zero-order valence-electron chi connectivity index (χ0n) is 7.25. The summed E-state index contributed by atoms with van der Waals surface area (Å²) < 4.78 is 5.21. The predicted octanol–water partition coefficient (Wildman–Crippen LogP) is 1.12. The van der Waals surface area contributed by atoms with Crippen molar-refractivity contribution in [1.82, 2.24) is 4.90 Å².